The van der Waals surface area contributed by atoms with Crippen molar-refractivity contribution in [2.24, 2.45) is 17.3 Å². The van der Waals surface area contributed by atoms with Crippen molar-refractivity contribution in [2.75, 3.05) is 72.5 Å². The zero-order valence-corrected chi connectivity index (χ0v) is 42.6. The third-order valence-corrected chi connectivity index (χ3v) is 17.6. The number of aromatic amines is 1. The smallest absolute Gasteiger partial charge is 0.344 e. The molecule has 3 fully saturated rings. The third-order valence-electron chi connectivity index (χ3n) is 17.6. The van der Waals surface area contributed by atoms with E-state index in [1.807, 2.05) is 79.6 Å². The number of benzene rings is 3. The van der Waals surface area contributed by atoms with Crippen LogP contribution in [0.3, 0.4) is 0 Å². The number of rotatable bonds is 11. The molecule has 6 aliphatic rings. The number of carbonyl (C=O) groups is 3. The lowest BCUT2D eigenvalue weighted by molar-refractivity contribution is -0.228. The van der Waals surface area contributed by atoms with E-state index < -0.39 is 63.7 Å². The first-order valence-corrected chi connectivity index (χ1v) is 25.4. The van der Waals surface area contributed by atoms with E-state index in [2.05, 4.69) is 50.6 Å². The SMILES string of the molecule is CCN(CC#Cc1ccc2[nH]c3c(c2c1)CN1CC(CC(C(C)(F)F)C1)C[C@]3(C(=O)OC)c1cc2c(cc1OC)N(C)C1[C@]23CCN2CC=C[C@](CC)(C23)[C@@H](OC(C)=O)[C@]1(O)C(=O)OC)Cc1ccccc1. The normalized spacial score (nSPS) is 31.3. The topological polar surface area (TPSA) is 137 Å². The third kappa shape index (κ3) is 7.40. The van der Waals surface area contributed by atoms with Crippen molar-refractivity contribution in [1.82, 2.24) is 19.7 Å². The fourth-order valence-electron chi connectivity index (χ4n) is 14.7. The largest absolute Gasteiger partial charge is 0.496 e. The van der Waals surface area contributed by atoms with Gasteiger partial charge < -0.3 is 33.9 Å². The minimum atomic E-state index is -2.98. The Hall–Kier alpha value is -5.79. The summed E-state index contributed by atoms with van der Waals surface area (Å²) in [6.07, 6.45) is 3.91. The molecule has 2 N–H and O–H groups in total. The molecule has 15 heteroatoms. The van der Waals surface area contributed by atoms with Crippen molar-refractivity contribution in [2.45, 2.75) is 107 Å². The van der Waals surface area contributed by atoms with Crippen LogP contribution in [-0.2, 0) is 52.5 Å². The van der Waals surface area contributed by atoms with Gasteiger partial charge in [0.1, 0.15) is 11.2 Å². The van der Waals surface area contributed by atoms with Gasteiger partial charge >= 0.3 is 17.9 Å². The molecular weight excluding hydrogens is 921 g/mol. The van der Waals surface area contributed by atoms with Gasteiger partial charge in [-0.1, -0.05) is 68.2 Å². The molecule has 13 nitrogen and oxygen atoms in total. The number of alkyl halides is 2. The number of likely N-dealkylation sites (N-methyl/N-ethyl adjacent to an activating group) is 1. The number of ether oxygens (including phenoxy) is 4. The second-order valence-corrected chi connectivity index (χ2v) is 21.3. The summed E-state index contributed by atoms with van der Waals surface area (Å²) in [4.78, 5) is 55.6. The molecule has 6 heterocycles. The van der Waals surface area contributed by atoms with Gasteiger partial charge in [-0.25, -0.2) is 13.6 Å². The number of esters is 3. The zero-order chi connectivity index (χ0) is 51.1. The highest BCUT2D eigenvalue weighted by molar-refractivity contribution is 5.95. The maximum atomic E-state index is 15.7. The summed E-state index contributed by atoms with van der Waals surface area (Å²) in [7, 11) is 5.95. The highest BCUT2D eigenvalue weighted by Crippen LogP contribution is 2.68. The summed E-state index contributed by atoms with van der Waals surface area (Å²) >= 11 is 0. The molecule has 5 unspecified atom stereocenters. The average molecular weight is 988 g/mol. The summed E-state index contributed by atoms with van der Waals surface area (Å²) in [5.74, 6) is 0.661. The van der Waals surface area contributed by atoms with Crippen molar-refractivity contribution >= 4 is 34.5 Å². The van der Waals surface area contributed by atoms with Crippen LogP contribution in [0, 0.1) is 29.1 Å². The number of aliphatic hydroxyl groups is 1. The number of aromatic nitrogens is 1. The van der Waals surface area contributed by atoms with Crippen LogP contribution in [0.4, 0.5) is 14.5 Å². The van der Waals surface area contributed by atoms with Gasteiger partial charge in [0.15, 0.2) is 6.10 Å². The summed E-state index contributed by atoms with van der Waals surface area (Å²) in [5.41, 5.74) is -0.0343. The van der Waals surface area contributed by atoms with E-state index in [0.29, 0.717) is 61.7 Å². The molecule has 0 radical (unpaired) electrons. The van der Waals surface area contributed by atoms with Crippen LogP contribution in [-0.4, -0.2) is 140 Å². The van der Waals surface area contributed by atoms with Crippen molar-refractivity contribution < 1.29 is 47.2 Å². The quantitative estimate of drug-likeness (QED) is 0.0697. The second kappa shape index (κ2) is 18.3. The highest BCUT2D eigenvalue weighted by atomic mass is 19.3. The number of carbonyl (C=O) groups excluding carboxylic acids is 3. The zero-order valence-electron chi connectivity index (χ0n) is 42.6. The Labute approximate surface area is 420 Å². The van der Waals surface area contributed by atoms with Gasteiger partial charge in [-0.2, -0.15) is 0 Å². The lowest BCUT2D eigenvalue weighted by Crippen LogP contribution is -2.81. The minimum Gasteiger partial charge on any atom is -0.496 e. The molecule has 5 aliphatic heterocycles. The van der Waals surface area contributed by atoms with Gasteiger partial charge in [0.25, 0.3) is 0 Å². The van der Waals surface area contributed by atoms with Crippen molar-refractivity contribution in [1.29, 1.82) is 0 Å². The first kappa shape index (κ1) is 49.8. The Balaban J connectivity index is 1.19. The standard InChI is InChI=1S/C57H67F2N5O8/c1-9-54-21-15-24-64-25-22-55(48(54)64)42-28-43(46(69-6)29-45(42)61(5)49(55)57(68,52(67)71-8)50(54)72-35(3)65)56(51(66)70-7)30-38-26-39(53(4,58)59)33-63(32-38)34-41-40-27-36(19-20-44(40)60-47(41)56)18-14-23-62(10-2)31-37-16-12-11-13-17-37/h11-13,15-17,19-21,27-29,38-39,48-50,60,68H,9-10,22-26,30-34H2,1-8H3/t38?,39?,48?,49?,50-,54-,55-,56+,57+/m1/s1. The lowest BCUT2D eigenvalue weighted by Gasteiger charge is -2.63. The monoisotopic (exact) mass is 987 g/mol. The van der Waals surface area contributed by atoms with Gasteiger partial charge in [0, 0.05) is 109 Å². The Morgan fingerprint density at radius 2 is 1.75 bits per heavy atom. The molecule has 72 heavy (non-hydrogen) atoms. The van der Waals surface area contributed by atoms with Crippen molar-refractivity contribution in [3.8, 4) is 17.6 Å². The fourth-order valence-corrected chi connectivity index (χ4v) is 14.7. The minimum absolute atomic E-state index is 0.114. The summed E-state index contributed by atoms with van der Waals surface area (Å²) < 4.78 is 55.4. The van der Waals surface area contributed by atoms with Crippen LogP contribution in [0.15, 0.2) is 72.8 Å². The van der Waals surface area contributed by atoms with Crippen molar-refractivity contribution in [3.63, 3.8) is 0 Å². The van der Waals surface area contributed by atoms with E-state index in [-0.39, 0.29) is 37.9 Å². The van der Waals surface area contributed by atoms with E-state index in [9.17, 15) is 14.7 Å². The number of nitrogens with zero attached hydrogens (tertiary/aromatic N) is 4. The van der Waals surface area contributed by atoms with E-state index in [1.54, 1.807) is 7.11 Å². The Kier molecular flexibility index (Phi) is 12.7. The molecule has 1 spiro atoms. The molecule has 1 aromatic heterocycles. The molecule has 382 valence electrons. The molecule has 4 aromatic rings. The number of H-pyrrole nitrogens is 1. The molecular formula is C57H67F2N5O8. The molecule has 1 saturated carbocycles. The van der Waals surface area contributed by atoms with Gasteiger partial charge in [-0.05, 0) is 92.6 Å². The van der Waals surface area contributed by atoms with E-state index >= 15 is 13.6 Å². The Morgan fingerprint density at radius 1 is 0.986 bits per heavy atom. The van der Waals surface area contributed by atoms with E-state index in [1.165, 1.54) is 26.7 Å². The Morgan fingerprint density at radius 3 is 2.43 bits per heavy atom. The Bertz CT molecular complexity index is 2890. The van der Waals surface area contributed by atoms with Crippen LogP contribution >= 0.6 is 0 Å². The number of hydrogen-bond donors (Lipinski definition) is 2. The van der Waals surface area contributed by atoms with E-state index in [0.717, 1.165) is 47.6 Å². The number of anilines is 1. The first-order valence-electron chi connectivity index (χ1n) is 25.4. The van der Waals surface area contributed by atoms with Crippen molar-refractivity contribution in [3.05, 3.63) is 106 Å². The molecule has 3 aromatic carbocycles. The molecule has 10 atom stereocenters. The number of piperidine rings is 1. The molecule has 10 rings (SSSR count). The maximum Gasteiger partial charge on any atom is 0.344 e. The van der Waals surface area contributed by atoms with Crippen LogP contribution < -0.4 is 9.64 Å². The predicted octanol–water partition coefficient (Wildman–Crippen LogP) is 6.95. The summed E-state index contributed by atoms with van der Waals surface area (Å²) in [5, 5.41) is 14.3. The van der Waals surface area contributed by atoms with Crippen LogP contribution in [0.5, 0.6) is 5.75 Å². The number of halogens is 2. The predicted molar refractivity (Wildman–Crippen MR) is 269 cm³/mol. The fraction of sp³-hybridized carbons (Fsp3) is 0.526. The van der Waals surface area contributed by atoms with Crippen LogP contribution in [0.2, 0.25) is 0 Å². The molecule has 2 saturated heterocycles. The van der Waals surface area contributed by atoms with Crippen LogP contribution in [0.25, 0.3) is 10.9 Å². The number of fused-ring (bicyclic) bond motifs is 6. The van der Waals surface area contributed by atoms with Gasteiger partial charge in [-0.3, -0.25) is 24.3 Å². The summed E-state index contributed by atoms with van der Waals surface area (Å²) in [6, 6.07) is 18.7. The molecule has 1 aliphatic carbocycles. The first-order chi connectivity index (χ1) is 34.4. The van der Waals surface area contributed by atoms with Crippen LogP contribution in [0.1, 0.15) is 86.9 Å². The maximum absolute atomic E-state index is 15.7. The van der Waals surface area contributed by atoms with Gasteiger partial charge in [-0.15, -0.1) is 0 Å². The lowest BCUT2D eigenvalue weighted by atomic mass is 9.47. The second-order valence-electron chi connectivity index (χ2n) is 21.3. The number of nitrogens with one attached hydrogen (secondary N) is 1. The summed E-state index contributed by atoms with van der Waals surface area (Å²) in [6.45, 7) is 10.6. The number of methoxy groups -OCH3 is 3. The van der Waals surface area contributed by atoms with Gasteiger partial charge in [0.05, 0.1) is 33.9 Å². The average Bonchev–Trinajstić information content (AvgIpc) is 4.02. The number of hydrogen-bond acceptors (Lipinski definition) is 12. The molecule has 2 bridgehead atoms. The van der Waals surface area contributed by atoms with E-state index in [4.69, 9.17) is 18.9 Å². The highest BCUT2D eigenvalue weighted by Gasteiger charge is 2.80. The molecule has 0 amide bonds. The van der Waals surface area contributed by atoms with Gasteiger partial charge in [0.2, 0.25) is 11.5 Å².